The van der Waals surface area contributed by atoms with E-state index in [1.807, 2.05) is 76.2 Å². The van der Waals surface area contributed by atoms with Crippen molar-refractivity contribution in [3.63, 3.8) is 0 Å². The van der Waals surface area contributed by atoms with Gasteiger partial charge in [-0.05, 0) is 49.9 Å². The third-order valence-electron chi connectivity index (χ3n) is 3.63. The lowest BCUT2D eigenvalue weighted by Crippen LogP contribution is -2.15. The van der Waals surface area contributed by atoms with Crippen LogP contribution in [0, 0.1) is 36.5 Å². The molecule has 2 rings (SSSR count). The maximum atomic E-state index is 8.92. The van der Waals surface area contributed by atoms with Gasteiger partial charge in [0.2, 0.25) is 0 Å². The van der Waals surface area contributed by atoms with Crippen LogP contribution in [0.25, 0.3) is 0 Å². The molecule has 0 bridgehead atoms. The molecule has 0 aliphatic carbocycles. The highest BCUT2D eigenvalue weighted by atomic mass is 14.3. The van der Waals surface area contributed by atoms with Gasteiger partial charge in [-0.1, -0.05) is 48.5 Å². The van der Waals surface area contributed by atoms with Crippen LogP contribution in [0.15, 0.2) is 48.5 Å². The number of aryl methyl sites for hydroxylation is 2. The highest BCUT2D eigenvalue weighted by Crippen LogP contribution is 2.24. The normalized spacial score (nSPS) is 9.91. The van der Waals surface area contributed by atoms with Crippen molar-refractivity contribution in [2.24, 2.45) is 0 Å². The van der Waals surface area contributed by atoms with Crippen molar-refractivity contribution in [3.05, 3.63) is 70.8 Å². The third kappa shape index (κ3) is 4.76. The molecule has 0 heterocycles. The summed E-state index contributed by atoms with van der Waals surface area (Å²) in [7, 11) is 0. The Balaban J connectivity index is 0.000000224. The second kappa shape index (κ2) is 8.01. The quantitative estimate of drug-likeness (QED) is 0.793. The van der Waals surface area contributed by atoms with Crippen molar-refractivity contribution >= 4 is 0 Å². The second-order valence-corrected chi connectivity index (χ2v) is 5.81. The van der Waals surface area contributed by atoms with Gasteiger partial charge in [-0.2, -0.15) is 10.5 Å². The SMILES string of the molecule is Cc1ccccc1C(C)(C)C#N.Cc1ccccc1CC#N. The van der Waals surface area contributed by atoms with Gasteiger partial charge >= 0.3 is 0 Å². The summed E-state index contributed by atoms with van der Waals surface area (Å²) in [5.74, 6) is 0. The van der Waals surface area contributed by atoms with Crippen molar-refractivity contribution < 1.29 is 0 Å². The van der Waals surface area contributed by atoms with Gasteiger partial charge in [0.1, 0.15) is 0 Å². The van der Waals surface area contributed by atoms with Crippen LogP contribution in [0.5, 0.6) is 0 Å². The summed E-state index contributed by atoms with van der Waals surface area (Å²) in [5.41, 5.74) is 4.26. The highest BCUT2D eigenvalue weighted by Gasteiger charge is 2.20. The fourth-order valence-corrected chi connectivity index (χ4v) is 2.23. The Morgan fingerprint density at radius 3 is 1.91 bits per heavy atom. The molecule has 0 unspecified atom stereocenters. The van der Waals surface area contributed by atoms with Crippen LogP contribution in [-0.4, -0.2) is 0 Å². The molecule has 0 aliphatic heterocycles. The fraction of sp³-hybridized carbons (Fsp3) is 0.300. The van der Waals surface area contributed by atoms with Crippen LogP contribution in [0.2, 0.25) is 0 Å². The number of nitriles is 2. The van der Waals surface area contributed by atoms with E-state index in [-0.39, 0.29) is 5.41 Å². The van der Waals surface area contributed by atoms with Crippen LogP contribution in [-0.2, 0) is 11.8 Å². The largest absolute Gasteiger partial charge is 0.198 e. The Kier molecular flexibility index (Phi) is 6.36. The zero-order chi connectivity index (χ0) is 16.6. The van der Waals surface area contributed by atoms with Crippen LogP contribution in [0.1, 0.15) is 36.1 Å². The van der Waals surface area contributed by atoms with Gasteiger partial charge in [-0.15, -0.1) is 0 Å². The Bertz CT molecular complexity index is 700. The van der Waals surface area contributed by atoms with Crippen LogP contribution < -0.4 is 0 Å². The van der Waals surface area contributed by atoms with Crippen molar-refractivity contribution in [1.82, 2.24) is 0 Å². The molecule has 2 nitrogen and oxygen atoms in total. The molecule has 2 aromatic rings. The van der Waals surface area contributed by atoms with E-state index < -0.39 is 0 Å². The molecule has 112 valence electrons. The number of hydrogen-bond acceptors (Lipinski definition) is 2. The van der Waals surface area contributed by atoms with E-state index in [9.17, 15) is 0 Å². The number of benzene rings is 2. The van der Waals surface area contributed by atoms with Crippen LogP contribution in [0.4, 0.5) is 0 Å². The Hall–Kier alpha value is -2.58. The van der Waals surface area contributed by atoms with Crippen molar-refractivity contribution in [2.45, 2.75) is 39.5 Å². The topological polar surface area (TPSA) is 47.6 Å². The van der Waals surface area contributed by atoms with E-state index in [1.54, 1.807) is 0 Å². The van der Waals surface area contributed by atoms with E-state index in [2.05, 4.69) is 12.1 Å². The molecule has 0 amide bonds. The predicted molar refractivity (Wildman–Crippen MR) is 90.3 cm³/mol. The van der Waals surface area contributed by atoms with Gasteiger partial charge < -0.3 is 0 Å². The van der Waals surface area contributed by atoms with Crippen LogP contribution >= 0.6 is 0 Å². The molecule has 0 aromatic heterocycles. The smallest absolute Gasteiger partial charge is 0.0768 e. The lowest BCUT2D eigenvalue weighted by Gasteiger charge is -2.17. The Morgan fingerprint density at radius 2 is 1.41 bits per heavy atom. The molecule has 22 heavy (non-hydrogen) atoms. The van der Waals surface area contributed by atoms with Crippen molar-refractivity contribution in [2.75, 3.05) is 0 Å². The van der Waals surface area contributed by atoms with Gasteiger partial charge in [0.15, 0.2) is 0 Å². The van der Waals surface area contributed by atoms with Crippen molar-refractivity contribution in [1.29, 1.82) is 10.5 Å². The van der Waals surface area contributed by atoms with E-state index in [0.717, 1.165) is 11.1 Å². The Morgan fingerprint density at radius 1 is 0.864 bits per heavy atom. The van der Waals surface area contributed by atoms with Gasteiger partial charge in [0.25, 0.3) is 0 Å². The van der Waals surface area contributed by atoms with Crippen LogP contribution in [0.3, 0.4) is 0 Å². The Labute approximate surface area is 133 Å². The summed E-state index contributed by atoms with van der Waals surface area (Å²) in [6.45, 7) is 7.94. The fourth-order valence-electron chi connectivity index (χ4n) is 2.23. The summed E-state index contributed by atoms with van der Waals surface area (Å²) in [6, 6.07) is 20.4. The zero-order valence-electron chi connectivity index (χ0n) is 13.7. The standard InChI is InChI=1S/C11H13N.C9H9N/c1-9-6-4-5-7-10(9)11(2,3)8-12;1-8-4-2-3-5-9(8)6-7-10/h4-7H,1-3H3;2-5H,6H2,1H3. The number of nitrogens with zero attached hydrogens (tertiary/aromatic N) is 2. The number of hydrogen-bond donors (Lipinski definition) is 0. The maximum absolute atomic E-state index is 8.92. The van der Waals surface area contributed by atoms with Gasteiger partial charge in [-0.25, -0.2) is 0 Å². The molecule has 0 aliphatic rings. The predicted octanol–water partition coefficient (Wildman–Crippen LogP) is 4.86. The molecule has 0 N–H and O–H groups in total. The molecule has 2 aromatic carbocycles. The molecule has 2 heteroatoms. The molecule has 0 fully saturated rings. The van der Waals surface area contributed by atoms with Gasteiger partial charge in [0.05, 0.1) is 24.0 Å². The first-order valence-electron chi connectivity index (χ1n) is 7.31. The minimum absolute atomic E-state index is 0.370. The first-order valence-corrected chi connectivity index (χ1v) is 7.31. The average Bonchev–Trinajstić information content (AvgIpc) is 2.51. The first-order chi connectivity index (χ1) is 10.4. The summed E-state index contributed by atoms with van der Waals surface area (Å²) in [5, 5.41) is 17.3. The summed E-state index contributed by atoms with van der Waals surface area (Å²) >= 11 is 0. The first kappa shape index (κ1) is 17.5. The lowest BCUT2D eigenvalue weighted by molar-refractivity contribution is 0.681. The molecule has 0 atom stereocenters. The second-order valence-electron chi connectivity index (χ2n) is 5.81. The number of rotatable bonds is 2. The molecule has 0 saturated carbocycles. The third-order valence-corrected chi connectivity index (χ3v) is 3.63. The van der Waals surface area contributed by atoms with E-state index in [0.29, 0.717) is 6.42 Å². The van der Waals surface area contributed by atoms with Crippen molar-refractivity contribution in [3.8, 4) is 12.1 Å². The minimum atomic E-state index is -0.370. The summed E-state index contributed by atoms with van der Waals surface area (Å²) in [6.07, 6.45) is 0.521. The monoisotopic (exact) mass is 290 g/mol. The minimum Gasteiger partial charge on any atom is -0.198 e. The van der Waals surface area contributed by atoms with E-state index in [4.69, 9.17) is 10.5 Å². The maximum Gasteiger partial charge on any atom is 0.0768 e. The molecule has 0 spiro atoms. The summed E-state index contributed by atoms with van der Waals surface area (Å²) < 4.78 is 0. The average molecular weight is 290 g/mol. The molecular formula is C20H22N2. The van der Waals surface area contributed by atoms with E-state index >= 15 is 0 Å². The molecule has 0 saturated heterocycles. The van der Waals surface area contributed by atoms with Gasteiger partial charge in [-0.3, -0.25) is 0 Å². The highest BCUT2D eigenvalue weighted by molar-refractivity contribution is 5.36. The molecular weight excluding hydrogens is 268 g/mol. The summed E-state index contributed by atoms with van der Waals surface area (Å²) in [4.78, 5) is 0. The lowest BCUT2D eigenvalue weighted by atomic mass is 9.84. The van der Waals surface area contributed by atoms with E-state index in [1.165, 1.54) is 11.1 Å². The molecule has 0 radical (unpaired) electrons. The van der Waals surface area contributed by atoms with Gasteiger partial charge in [0, 0.05) is 0 Å². The zero-order valence-corrected chi connectivity index (χ0v) is 13.7.